The Labute approximate surface area is 140 Å². The van der Waals surface area contributed by atoms with Crippen molar-refractivity contribution in [3.63, 3.8) is 0 Å². The first-order chi connectivity index (χ1) is 13.1. The van der Waals surface area contributed by atoms with Gasteiger partial charge in [-0.1, -0.05) is 42.3 Å². The summed E-state index contributed by atoms with van der Waals surface area (Å²) in [7, 11) is 0. The second-order valence-corrected chi connectivity index (χ2v) is 5.15. The van der Waals surface area contributed by atoms with E-state index in [2.05, 4.69) is 0 Å². The third-order valence-electron chi connectivity index (χ3n) is 3.53. The van der Waals surface area contributed by atoms with Crippen molar-refractivity contribution in [2.24, 2.45) is 0 Å². The van der Waals surface area contributed by atoms with Crippen molar-refractivity contribution in [2.75, 3.05) is 0 Å². The zero-order chi connectivity index (χ0) is 20.7. The lowest BCUT2D eigenvalue weighted by molar-refractivity contribution is -0.117. The molecule has 0 amide bonds. The van der Waals surface area contributed by atoms with E-state index >= 15 is 0 Å². The van der Waals surface area contributed by atoms with Crippen LogP contribution in [-0.4, -0.2) is 10.9 Å². The quantitative estimate of drug-likeness (QED) is 0.747. The number of ketones is 1. The zero-order valence-electron chi connectivity index (χ0n) is 17.3. The molecule has 0 radical (unpaired) electrons. The average molecular weight is 313 g/mol. The van der Waals surface area contributed by atoms with Gasteiger partial charge in [0.2, 0.25) is 0 Å². The van der Waals surface area contributed by atoms with E-state index in [0.29, 0.717) is 0 Å². The number of aromatic hydroxyl groups is 1. The highest BCUT2D eigenvalue weighted by Gasteiger charge is 2.25. The Balaban J connectivity index is 2.41. The Bertz CT molecular complexity index is 1140. The van der Waals surface area contributed by atoms with Crippen LogP contribution in [-0.2, 0) is 4.79 Å². The lowest BCUT2D eigenvalue weighted by Gasteiger charge is -2.17. The molecule has 0 fully saturated rings. The number of hydrogen-bond acceptors (Lipinski definition) is 4. The van der Waals surface area contributed by atoms with Crippen LogP contribution >= 0.6 is 0 Å². The summed E-state index contributed by atoms with van der Waals surface area (Å²) in [5.41, 5.74) is -1.35. The Morgan fingerprint density at radius 3 is 2.65 bits per heavy atom. The molecular formula is C19H16O4. The molecule has 116 valence electrons. The highest BCUT2D eigenvalue weighted by atomic mass is 16.4. The number of rotatable bonds is 4. The predicted octanol–water partition coefficient (Wildman–Crippen LogP) is 3.61. The van der Waals surface area contributed by atoms with Crippen molar-refractivity contribution in [3.05, 3.63) is 76.0 Å². The standard InChI is InChI=1S/C19H16O4/c1-12(20)11-15(13-7-3-2-4-8-13)17-18(21)14-9-5-6-10-16(14)23-19(17)22/h2-10,15,21H,11H2,1H3/t15-/m1/s1/i2D,3D,4D,7D,8D. The van der Waals surface area contributed by atoms with Crippen LogP contribution in [0.15, 0.2) is 63.7 Å². The lowest BCUT2D eigenvalue weighted by atomic mass is 9.87. The molecule has 0 aliphatic heterocycles. The third kappa shape index (κ3) is 2.88. The van der Waals surface area contributed by atoms with Crippen molar-refractivity contribution in [1.82, 2.24) is 0 Å². The van der Waals surface area contributed by atoms with Gasteiger partial charge in [0.25, 0.3) is 0 Å². The molecule has 0 unspecified atom stereocenters. The Hall–Kier alpha value is -2.88. The van der Waals surface area contributed by atoms with Crippen molar-refractivity contribution in [3.8, 4) is 5.75 Å². The number of carbonyl (C=O) groups is 1. The summed E-state index contributed by atoms with van der Waals surface area (Å²) in [4.78, 5) is 24.5. The molecule has 23 heavy (non-hydrogen) atoms. The first-order valence-electron chi connectivity index (χ1n) is 9.46. The molecule has 1 heterocycles. The van der Waals surface area contributed by atoms with Crippen LogP contribution < -0.4 is 5.63 Å². The molecule has 2 aromatic carbocycles. The molecule has 1 N–H and O–H groups in total. The van der Waals surface area contributed by atoms with Gasteiger partial charge in [-0.15, -0.1) is 0 Å². The zero-order valence-corrected chi connectivity index (χ0v) is 12.3. The molecule has 0 saturated heterocycles. The lowest BCUT2D eigenvalue weighted by Crippen LogP contribution is -2.16. The normalized spacial score (nSPS) is 15.3. The first-order valence-corrected chi connectivity index (χ1v) is 6.96. The van der Waals surface area contributed by atoms with E-state index in [4.69, 9.17) is 11.3 Å². The van der Waals surface area contributed by atoms with Crippen molar-refractivity contribution in [1.29, 1.82) is 0 Å². The summed E-state index contributed by atoms with van der Waals surface area (Å²) in [5.74, 6) is -2.08. The van der Waals surface area contributed by atoms with Gasteiger partial charge in [-0.05, 0) is 24.6 Å². The smallest absolute Gasteiger partial charge is 0.343 e. The third-order valence-corrected chi connectivity index (χ3v) is 3.53. The van der Waals surface area contributed by atoms with Gasteiger partial charge >= 0.3 is 5.63 Å². The minimum atomic E-state index is -1.26. The fourth-order valence-electron chi connectivity index (χ4n) is 2.52. The van der Waals surface area contributed by atoms with E-state index in [1.165, 1.54) is 19.1 Å². The number of Topliss-reactive ketones (excluding diaryl/α,β-unsaturated/α-hetero) is 1. The summed E-state index contributed by atoms with van der Waals surface area (Å²) in [6.07, 6.45) is -0.343. The molecule has 0 saturated carbocycles. The molecule has 0 bridgehead atoms. The molecule has 0 aliphatic rings. The molecule has 3 rings (SSSR count). The van der Waals surface area contributed by atoms with Crippen LogP contribution in [0, 0.1) is 0 Å². The van der Waals surface area contributed by atoms with Gasteiger partial charge < -0.3 is 9.52 Å². The van der Waals surface area contributed by atoms with Gasteiger partial charge in [0, 0.05) is 12.3 Å². The maximum Gasteiger partial charge on any atom is 0.343 e. The molecule has 3 aromatic rings. The van der Waals surface area contributed by atoms with E-state index < -0.39 is 47.5 Å². The number of hydrogen-bond donors (Lipinski definition) is 1. The SMILES string of the molecule is [2H]c1c([2H])c([2H])c([C@@H](CC(C)=O)c2c(O)c3ccccc3oc2=O)c([2H])c1[2H]. The number of carbonyl (C=O) groups excluding carboxylic acids is 1. The van der Waals surface area contributed by atoms with Gasteiger partial charge in [0.15, 0.2) is 0 Å². The van der Waals surface area contributed by atoms with Crippen LogP contribution in [0.25, 0.3) is 11.0 Å². The van der Waals surface area contributed by atoms with E-state index in [1.54, 1.807) is 12.1 Å². The fourth-order valence-corrected chi connectivity index (χ4v) is 2.52. The number of para-hydroxylation sites is 1. The van der Waals surface area contributed by atoms with E-state index in [9.17, 15) is 14.7 Å². The maximum absolute atomic E-state index is 12.6. The minimum absolute atomic E-state index is 0.136. The average Bonchev–Trinajstić information content (AvgIpc) is 2.64. The van der Waals surface area contributed by atoms with Crippen molar-refractivity contribution >= 4 is 16.8 Å². The van der Waals surface area contributed by atoms with Crippen molar-refractivity contribution < 1.29 is 21.2 Å². The summed E-state index contributed by atoms with van der Waals surface area (Å²) >= 11 is 0. The first kappa shape index (κ1) is 10.0. The summed E-state index contributed by atoms with van der Waals surface area (Å²) in [5, 5.41) is 10.9. The molecule has 1 atom stereocenters. The summed E-state index contributed by atoms with van der Waals surface area (Å²) < 4.78 is 45.0. The van der Waals surface area contributed by atoms with E-state index in [1.807, 2.05) is 0 Å². The highest BCUT2D eigenvalue weighted by molar-refractivity contribution is 5.85. The van der Waals surface area contributed by atoms with Crippen LogP contribution in [0.1, 0.15) is 37.2 Å². The molecule has 0 aliphatic carbocycles. The number of benzene rings is 2. The maximum atomic E-state index is 12.6. The second kappa shape index (κ2) is 6.08. The fraction of sp³-hybridized carbons (Fsp3) is 0.158. The molecule has 4 heteroatoms. The van der Waals surface area contributed by atoms with Crippen LogP contribution in [0.3, 0.4) is 0 Å². The van der Waals surface area contributed by atoms with Crippen molar-refractivity contribution in [2.45, 2.75) is 19.3 Å². The number of fused-ring (bicyclic) bond motifs is 1. The van der Waals surface area contributed by atoms with Gasteiger partial charge in [-0.3, -0.25) is 4.79 Å². The second-order valence-electron chi connectivity index (χ2n) is 5.15. The van der Waals surface area contributed by atoms with Gasteiger partial charge in [0.1, 0.15) is 17.1 Å². The topological polar surface area (TPSA) is 67.5 Å². The van der Waals surface area contributed by atoms with Gasteiger partial charge in [0.05, 0.1) is 17.8 Å². The largest absolute Gasteiger partial charge is 0.507 e. The van der Waals surface area contributed by atoms with Crippen LogP contribution in [0.4, 0.5) is 0 Å². The van der Waals surface area contributed by atoms with Crippen LogP contribution in [0.2, 0.25) is 0 Å². The minimum Gasteiger partial charge on any atom is -0.507 e. The Kier molecular flexibility index (Phi) is 2.65. The summed E-state index contributed by atoms with van der Waals surface area (Å²) in [6.45, 7) is 1.25. The van der Waals surface area contributed by atoms with E-state index in [-0.39, 0.29) is 34.3 Å². The molecular weight excluding hydrogens is 292 g/mol. The predicted molar refractivity (Wildman–Crippen MR) is 87.7 cm³/mol. The molecule has 4 nitrogen and oxygen atoms in total. The Morgan fingerprint density at radius 2 is 1.96 bits per heavy atom. The van der Waals surface area contributed by atoms with Crippen LogP contribution in [0.5, 0.6) is 5.75 Å². The monoisotopic (exact) mass is 313 g/mol. The highest BCUT2D eigenvalue weighted by Crippen LogP contribution is 2.35. The molecule has 0 spiro atoms. The molecule has 1 aromatic heterocycles. The van der Waals surface area contributed by atoms with E-state index in [0.717, 1.165) is 0 Å². The Morgan fingerprint density at radius 1 is 1.26 bits per heavy atom. The van der Waals surface area contributed by atoms with Gasteiger partial charge in [-0.25, -0.2) is 4.79 Å². The summed E-state index contributed by atoms with van der Waals surface area (Å²) in [6, 6.07) is 3.41. The van der Waals surface area contributed by atoms with Gasteiger partial charge in [-0.2, -0.15) is 0 Å².